The summed E-state index contributed by atoms with van der Waals surface area (Å²) in [4.78, 5) is 14.2. The van der Waals surface area contributed by atoms with E-state index < -0.39 is 0 Å². The van der Waals surface area contributed by atoms with Crippen LogP contribution in [-0.2, 0) is 11.2 Å². The van der Waals surface area contributed by atoms with Gasteiger partial charge >= 0.3 is 0 Å². The molecule has 1 saturated carbocycles. The molecule has 106 valence electrons. The summed E-state index contributed by atoms with van der Waals surface area (Å²) in [5.74, 6) is -0.0924. The monoisotopic (exact) mass is 273 g/mol. The lowest BCUT2D eigenvalue weighted by Gasteiger charge is -2.32. The van der Waals surface area contributed by atoms with Crippen LogP contribution in [0.25, 0.3) is 0 Å². The lowest BCUT2D eigenvalue weighted by Crippen LogP contribution is -2.37. The van der Waals surface area contributed by atoms with Crippen molar-refractivity contribution >= 4 is 5.91 Å². The predicted octanol–water partition coefficient (Wildman–Crippen LogP) is 3.47. The third kappa shape index (κ3) is 2.92. The molecule has 0 radical (unpaired) electrons. The molecule has 3 rings (SSSR count). The number of piperidine rings is 1. The Balaban J connectivity index is 1.55. The van der Waals surface area contributed by atoms with Crippen molar-refractivity contribution in [3.8, 4) is 0 Å². The van der Waals surface area contributed by atoms with Gasteiger partial charge in [-0.25, -0.2) is 4.39 Å². The van der Waals surface area contributed by atoms with Gasteiger partial charge in [-0.3, -0.25) is 4.79 Å². The maximum Gasteiger partial charge on any atom is 0.227 e. The highest BCUT2D eigenvalue weighted by Crippen LogP contribution is 2.33. The van der Waals surface area contributed by atoms with Gasteiger partial charge in [0.15, 0.2) is 0 Å². The second-order valence-corrected chi connectivity index (χ2v) is 5.74. The number of hydrogen-bond donors (Lipinski definition) is 0. The van der Waals surface area contributed by atoms with Crippen LogP contribution in [0.2, 0.25) is 0 Å². The van der Waals surface area contributed by atoms with Gasteiger partial charge < -0.3 is 4.90 Å². The molecule has 1 heterocycles. The summed E-state index contributed by atoms with van der Waals surface area (Å²) in [6.45, 7) is 1.69. The Morgan fingerprint density at radius 1 is 1.00 bits per heavy atom. The largest absolute Gasteiger partial charge is 0.342 e. The van der Waals surface area contributed by atoms with Crippen molar-refractivity contribution in [1.29, 1.82) is 0 Å². The predicted molar refractivity (Wildman–Crippen MR) is 76.8 cm³/mol. The van der Waals surface area contributed by atoms with Gasteiger partial charge in [-0.2, -0.15) is 0 Å². The first-order valence-electron chi connectivity index (χ1n) is 7.44. The molecule has 1 amide bonds. The minimum atomic E-state index is -0.254. The van der Waals surface area contributed by atoms with E-state index in [1.165, 1.54) is 31.4 Å². The summed E-state index contributed by atoms with van der Waals surface area (Å²) < 4.78 is 12.8. The third-order valence-corrected chi connectivity index (χ3v) is 4.45. The molecule has 0 bridgehead atoms. The molecule has 20 heavy (non-hydrogen) atoms. The number of halogens is 1. The zero-order chi connectivity index (χ0) is 13.9. The number of hydrogen-bond acceptors (Lipinski definition) is 1. The molecule has 1 saturated heterocycles. The summed E-state index contributed by atoms with van der Waals surface area (Å²) in [6, 6.07) is 6.22. The van der Waals surface area contributed by atoms with Gasteiger partial charge in [0.25, 0.3) is 0 Å². The number of carbonyl (C=O) groups excluding carboxylic acids is 1. The van der Waals surface area contributed by atoms with Gasteiger partial charge in [0.1, 0.15) is 5.82 Å². The van der Waals surface area contributed by atoms with E-state index in [0.717, 1.165) is 31.5 Å². The molecule has 2 fully saturated rings. The first-order valence-corrected chi connectivity index (χ1v) is 7.44. The Bertz CT molecular complexity index is 516. The summed E-state index contributed by atoms with van der Waals surface area (Å²) in [5, 5.41) is 0. The molecule has 0 unspecified atom stereocenters. The fourth-order valence-electron chi connectivity index (χ4n) is 2.98. The van der Waals surface area contributed by atoms with Crippen molar-refractivity contribution in [1.82, 2.24) is 4.90 Å². The summed E-state index contributed by atoms with van der Waals surface area (Å²) in [5.41, 5.74) is 4.14. The van der Waals surface area contributed by atoms with E-state index in [2.05, 4.69) is 0 Å². The average molecular weight is 273 g/mol. The Hall–Kier alpha value is -1.64. The number of allylic oxidation sites excluding steroid dienone is 1. The second kappa shape index (κ2) is 5.78. The van der Waals surface area contributed by atoms with Gasteiger partial charge in [-0.15, -0.1) is 0 Å². The molecule has 1 aliphatic heterocycles. The van der Waals surface area contributed by atoms with Gasteiger partial charge in [0.05, 0.1) is 6.42 Å². The van der Waals surface area contributed by atoms with E-state index in [1.807, 2.05) is 4.90 Å². The van der Waals surface area contributed by atoms with Crippen molar-refractivity contribution in [2.24, 2.45) is 0 Å². The van der Waals surface area contributed by atoms with E-state index in [0.29, 0.717) is 6.42 Å². The summed E-state index contributed by atoms with van der Waals surface area (Å²) in [6.07, 6.45) is 6.37. The zero-order valence-electron chi connectivity index (χ0n) is 11.7. The van der Waals surface area contributed by atoms with Crippen molar-refractivity contribution in [3.63, 3.8) is 0 Å². The fraction of sp³-hybridized carbons (Fsp3) is 0.471. The molecule has 2 nitrogen and oxygen atoms in total. The van der Waals surface area contributed by atoms with E-state index in [4.69, 9.17) is 0 Å². The lowest BCUT2D eigenvalue weighted by molar-refractivity contribution is -0.130. The highest BCUT2D eigenvalue weighted by Gasteiger charge is 2.22. The molecule has 0 spiro atoms. The highest BCUT2D eigenvalue weighted by molar-refractivity contribution is 5.79. The second-order valence-electron chi connectivity index (χ2n) is 5.74. The number of rotatable bonds is 2. The molecule has 1 aromatic rings. The van der Waals surface area contributed by atoms with Crippen LogP contribution < -0.4 is 0 Å². The number of nitrogens with zero attached hydrogens (tertiary/aromatic N) is 1. The standard InChI is InChI=1S/C17H20FNO/c18-16-6-4-13(5-7-16)12-17(20)19-10-8-15(9-11-19)14-2-1-3-14/h4-7H,1-3,8-12H2. The molecule has 3 heteroatoms. The number of likely N-dealkylation sites (tertiary alicyclic amines) is 1. The van der Waals surface area contributed by atoms with Crippen molar-refractivity contribution in [2.45, 2.75) is 38.5 Å². The molecular formula is C17H20FNO. The Labute approximate surface area is 119 Å². The Morgan fingerprint density at radius 2 is 1.60 bits per heavy atom. The molecule has 2 aliphatic rings. The van der Waals surface area contributed by atoms with Gasteiger partial charge in [0.2, 0.25) is 5.91 Å². The summed E-state index contributed by atoms with van der Waals surface area (Å²) in [7, 11) is 0. The van der Waals surface area contributed by atoms with Crippen LogP contribution in [0.3, 0.4) is 0 Å². The van der Waals surface area contributed by atoms with Crippen molar-refractivity contribution in [3.05, 3.63) is 46.8 Å². The zero-order valence-corrected chi connectivity index (χ0v) is 11.7. The van der Waals surface area contributed by atoms with Gasteiger partial charge in [-0.1, -0.05) is 23.3 Å². The maximum absolute atomic E-state index is 12.8. The SMILES string of the molecule is O=C(Cc1ccc(F)cc1)N1CCC(=C2CCC2)CC1. The normalized spacial score (nSPS) is 18.9. The van der Waals surface area contributed by atoms with Crippen LogP contribution in [0.1, 0.15) is 37.7 Å². The van der Waals surface area contributed by atoms with Crippen LogP contribution >= 0.6 is 0 Å². The maximum atomic E-state index is 12.8. The van der Waals surface area contributed by atoms with E-state index in [9.17, 15) is 9.18 Å². The quantitative estimate of drug-likeness (QED) is 0.756. The van der Waals surface area contributed by atoms with Crippen LogP contribution in [0, 0.1) is 5.82 Å². The smallest absolute Gasteiger partial charge is 0.227 e. The molecule has 1 aliphatic carbocycles. The average Bonchev–Trinajstić information content (AvgIpc) is 2.40. The molecule has 0 aromatic heterocycles. The Kier molecular flexibility index (Phi) is 3.86. The Morgan fingerprint density at radius 3 is 2.15 bits per heavy atom. The van der Waals surface area contributed by atoms with E-state index >= 15 is 0 Å². The summed E-state index contributed by atoms with van der Waals surface area (Å²) >= 11 is 0. The molecular weight excluding hydrogens is 253 g/mol. The molecule has 1 aromatic carbocycles. The van der Waals surface area contributed by atoms with Crippen LogP contribution in [-0.4, -0.2) is 23.9 Å². The third-order valence-electron chi connectivity index (χ3n) is 4.45. The van der Waals surface area contributed by atoms with E-state index in [-0.39, 0.29) is 11.7 Å². The van der Waals surface area contributed by atoms with Gasteiger partial charge in [-0.05, 0) is 49.8 Å². The minimum absolute atomic E-state index is 0.161. The molecule has 0 atom stereocenters. The van der Waals surface area contributed by atoms with Crippen molar-refractivity contribution in [2.75, 3.05) is 13.1 Å². The van der Waals surface area contributed by atoms with Crippen LogP contribution in [0.5, 0.6) is 0 Å². The minimum Gasteiger partial charge on any atom is -0.342 e. The van der Waals surface area contributed by atoms with E-state index in [1.54, 1.807) is 23.3 Å². The number of carbonyl (C=O) groups is 1. The number of amides is 1. The van der Waals surface area contributed by atoms with Gasteiger partial charge in [0, 0.05) is 13.1 Å². The van der Waals surface area contributed by atoms with Crippen LogP contribution in [0.4, 0.5) is 4.39 Å². The fourth-order valence-corrected chi connectivity index (χ4v) is 2.98. The topological polar surface area (TPSA) is 20.3 Å². The number of benzene rings is 1. The molecule has 0 N–H and O–H groups in total. The van der Waals surface area contributed by atoms with Crippen LogP contribution in [0.15, 0.2) is 35.4 Å². The first kappa shape index (κ1) is 13.3. The highest BCUT2D eigenvalue weighted by atomic mass is 19.1. The van der Waals surface area contributed by atoms with Crippen molar-refractivity contribution < 1.29 is 9.18 Å². The lowest BCUT2D eigenvalue weighted by atomic mass is 9.84. The first-order chi connectivity index (χ1) is 9.72.